The van der Waals surface area contributed by atoms with Gasteiger partial charge in [-0.3, -0.25) is 0 Å². The number of para-hydroxylation sites is 1. The monoisotopic (exact) mass is 220 g/mol. The van der Waals surface area contributed by atoms with Gasteiger partial charge in [0, 0.05) is 0 Å². The zero-order chi connectivity index (χ0) is 9.84. The Labute approximate surface area is 110 Å². The molecule has 0 aliphatic carbocycles. The number of hydrogen-bond donors (Lipinski definition) is 1. The van der Waals surface area contributed by atoms with Gasteiger partial charge in [0.1, 0.15) is 13.1 Å². The maximum atomic E-state index is 10.9. The van der Waals surface area contributed by atoms with E-state index in [4.69, 9.17) is 5.11 Å². The summed E-state index contributed by atoms with van der Waals surface area (Å²) in [4.78, 5) is 10.9. The minimum absolute atomic E-state index is 0. The van der Waals surface area contributed by atoms with Crippen molar-refractivity contribution in [3.05, 3.63) is 29.8 Å². The Morgan fingerprint density at radius 3 is 2.43 bits per heavy atom. The first-order chi connectivity index (χ1) is 6.11. The third kappa shape index (κ3) is 3.85. The normalized spacial score (nSPS) is 8.71. The Hall–Kier alpha value is -0.265. The molecule has 1 aromatic carbocycles. The summed E-state index contributed by atoms with van der Waals surface area (Å²) >= 11 is 0. The number of rotatable bonds is 2. The molecule has 68 valence electrons. The van der Waals surface area contributed by atoms with Crippen molar-refractivity contribution in [2.75, 3.05) is 0 Å². The van der Waals surface area contributed by atoms with Crippen LogP contribution in [-0.2, 0) is 4.65 Å². The van der Waals surface area contributed by atoms with Crippen molar-refractivity contribution in [2.24, 2.45) is 0 Å². The molecule has 0 unspecified atom stereocenters. The summed E-state index contributed by atoms with van der Waals surface area (Å²) in [6.07, 6.45) is 0. The molecule has 0 spiro atoms. The van der Waals surface area contributed by atoms with E-state index in [0.717, 1.165) is 0 Å². The molecular weight excluding hydrogens is 215 g/mol. The van der Waals surface area contributed by atoms with E-state index >= 15 is 0 Å². The van der Waals surface area contributed by atoms with Crippen molar-refractivity contribution in [3.8, 4) is 5.75 Å². The zero-order valence-corrected chi connectivity index (χ0v) is 9.38. The van der Waals surface area contributed by atoms with Crippen LogP contribution < -0.4 is 10.0 Å². The molecule has 14 heavy (non-hydrogen) atoms. The molecule has 0 amide bonds. The number of phenols is 1. The third-order valence-electron chi connectivity index (χ3n) is 1.33. The molecule has 0 saturated carbocycles. The molecule has 1 aromatic rings. The largest absolute Gasteiger partial charge is 2.00 e. The number of hydrogen-bond acceptors (Lipinski definition) is 5. The van der Waals surface area contributed by atoms with Gasteiger partial charge in [0.15, 0.2) is 0 Å². The molecule has 0 aromatic heterocycles. The van der Waals surface area contributed by atoms with Gasteiger partial charge in [0.2, 0.25) is 0 Å². The number of carbonyl (C=O) groups is 1. The van der Waals surface area contributed by atoms with Crippen LogP contribution in [0.4, 0.5) is 0 Å². The van der Waals surface area contributed by atoms with Crippen molar-refractivity contribution < 1.29 is 24.6 Å². The molecule has 7 heteroatoms. The van der Waals surface area contributed by atoms with Gasteiger partial charge < -0.3 is 19.8 Å². The second-order valence-electron chi connectivity index (χ2n) is 2.21. The van der Waals surface area contributed by atoms with Gasteiger partial charge in [-0.2, -0.15) is 0 Å². The summed E-state index contributed by atoms with van der Waals surface area (Å²) in [5, 5.41) is 29.0. The van der Waals surface area contributed by atoms with Crippen LogP contribution in [0.5, 0.6) is 5.75 Å². The van der Waals surface area contributed by atoms with Gasteiger partial charge in [0.05, 0.1) is 5.56 Å². The zero-order valence-electron chi connectivity index (χ0n) is 7.17. The van der Waals surface area contributed by atoms with Gasteiger partial charge in [-0.1, -0.05) is 12.1 Å². The number of phenolic OH excluding ortho intramolecular Hbond substituents is 1. The van der Waals surface area contributed by atoms with E-state index in [1.807, 2.05) is 0 Å². The molecule has 0 heterocycles. The van der Waals surface area contributed by atoms with Crippen LogP contribution in [0.2, 0.25) is 0 Å². The average molecular weight is 220 g/mol. The molecule has 0 radical (unpaired) electrons. The van der Waals surface area contributed by atoms with Crippen molar-refractivity contribution in [1.82, 2.24) is 0 Å². The van der Waals surface area contributed by atoms with Gasteiger partial charge >= 0.3 is 43.7 Å². The summed E-state index contributed by atoms with van der Waals surface area (Å²) in [5.74, 6) is -1.44. The quantitative estimate of drug-likeness (QED) is 0.575. The maximum Gasteiger partial charge on any atom is 2.00 e. The van der Waals surface area contributed by atoms with Crippen LogP contribution in [0.1, 0.15) is 10.4 Å². The predicted molar refractivity (Wildman–Crippen MR) is 45.0 cm³/mol. The number of benzene rings is 1. The second kappa shape index (κ2) is 6.26. The van der Waals surface area contributed by atoms with Crippen molar-refractivity contribution >= 4 is 51.0 Å². The topological polar surface area (TPSA) is 92.7 Å². The Kier molecular flexibility index (Phi) is 6.14. The van der Waals surface area contributed by atoms with Crippen LogP contribution in [0, 0.1) is 0 Å². The standard InChI is InChI=1S/C7H5BO5.Ca/c9-6-4-2-1-3-5(6)7(10)13-8(11)12;/h1-4,9H;/q-2;+2. The molecule has 0 atom stereocenters. The Morgan fingerprint density at radius 1 is 1.36 bits per heavy atom. The Bertz CT molecular complexity index is 317. The van der Waals surface area contributed by atoms with Gasteiger partial charge in [-0.15, -0.1) is 0 Å². The molecule has 0 bridgehead atoms. The fourth-order valence-corrected chi connectivity index (χ4v) is 0.797. The molecule has 5 nitrogen and oxygen atoms in total. The van der Waals surface area contributed by atoms with Crippen LogP contribution >= 0.6 is 0 Å². The predicted octanol–water partition coefficient (Wildman–Crippen LogP) is -2.13. The van der Waals surface area contributed by atoms with E-state index in [2.05, 4.69) is 4.65 Å². The molecule has 1 N–H and O–H groups in total. The number of carbonyl (C=O) groups excluding carboxylic acids is 1. The summed E-state index contributed by atoms with van der Waals surface area (Å²) in [5.41, 5.74) is -0.195. The Morgan fingerprint density at radius 2 is 1.93 bits per heavy atom. The SMILES string of the molecule is O=C(OB([O-])[O-])c1ccccc1O.[Ca+2]. The second-order valence-corrected chi connectivity index (χ2v) is 2.21. The fraction of sp³-hybridized carbons (Fsp3) is 0. The van der Waals surface area contributed by atoms with Crippen LogP contribution in [-0.4, -0.2) is 56.1 Å². The van der Waals surface area contributed by atoms with Gasteiger partial charge in [0.25, 0.3) is 0 Å². The van der Waals surface area contributed by atoms with E-state index in [1.165, 1.54) is 24.3 Å². The van der Waals surface area contributed by atoms with E-state index < -0.39 is 13.3 Å². The average Bonchev–Trinajstić information content (AvgIpc) is 2.03. The molecular formula is C7H5BCaO5. The molecule has 0 fully saturated rings. The minimum atomic E-state index is -2.67. The third-order valence-corrected chi connectivity index (χ3v) is 1.33. The van der Waals surface area contributed by atoms with E-state index in [0.29, 0.717) is 0 Å². The molecule has 0 saturated heterocycles. The first-order valence-corrected chi connectivity index (χ1v) is 3.42. The van der Waals surface area contributed by atoms with Gasteiger partial charge in [-0.05, 0) is 12.1 Å². The summed E-state index contributed by atoms with van der Waals surface area (Å²) in [6.45, 7) is 0. The first kappa shape index (κ1) is 13.7. The summed E-state index contributed by atoms with van der Waals surface area (Å²) in [6, 6.07) is 5.47. The first-order valence-electron chi connectivity index (χ1n) is 3.42. The fourth-order valence-electron chi connectivity index (χ4n) is 0.797. The van der Waals surface area contributed by atoms with Crippen LogP contribution in [0.15, 0.2) is 24.3 Å². The van der Waals surface area contributed by atoms with E-state index in [9.17, 15) is 14.8 Å². The van der Waals surface area contributed by atoms with Crippen molar-refractivity contribution in [1.29, 1.82) is 0 Å². The molecule has 1 rings (SSSR count). The van der Waals surface area contributed by atoms with E-state index in [1.54, 1.807) is 0 Å². The maximum absolute atomic E-state index is 10.9. The van der Waals surface area contributed by atoms with Crippen molar-refractivity contribution in [3.63, 3.8) is 0 Å². The van der Waals surface area contributed by atoms with Gasteiger partial charge in [-0.25, -0.2) is 4.79 Å². The summed E-state index contributed by atoms with van der Waals surface area (Å²) < 4.78 is 3.81. The summed E-state index contributed by atoms with van der Waals surface area (Å²) in [7, 11) is -2.67. The van der Waals surface area contributed by atoms with Crippen LogP contribution in [0.25, 0.3) is 0 Å². The Balaban J connectivity index is 0.00000169. The van der Waals surface area contributed by atoms with E-state index in [-0.39, 0.29) is 49.1 Å². The van der Waals surface area contributed by atoms with Crippen molar-refractivity contribution in [2.45, 2.75) is 0 Å². The molecule has 0 aliphatic heterocycles. The van der Waals surface area contributed by atoms with Crippen LogP contribution in [0.3, 0.4) is 0 Å². The minimum Gasteiger partial charge on any atom is -0.860 e. The number of aromatic hydroxyl groups is 1. The molecule has 0 aliphatic rings. The smallest absolute Gasteiger partial charge is 0.860 e.